The maximum absolute atomic E-state index is 12.0. The Bertz CT molecular complexity index is 345. The first-order valence-corrected chi connectivity index (χ1v) is 8.12. The van der Waals surface area contributed by atoms with Crippen LogP contribution in [0.4, 0.5) is 0 Å². The summed E-state index contributed by atoms with van der Waals surface area (Å²) in [5, 5.41) is 13.5. The Morgan fingerprint density at radius 2 is 1.60 bits per heavy atom. The number of rotatable bonds is 2. The summed E-state index contributed by atoms with van der Waals surface area (Å²) in [6, 6.07) is 0.418. The van der Waals surface area contributed by atoms with Gasteiger partial charge in [0.25, 0.3) is 0 Å². The predicted molar refractivity (Wildman–Crippen MR) is 81.8 cm³/mol. The van der Waals surface area contributed by atoms with E-state index in [1.807, 2.05) is 0 Å². The van der Waals surface area contributed by atoms with Gasteiger partial charge in [0.2, 0.25) is 5.91 Å². The average molecular weight is 299 g/mol. The van der Waals surface area contributed by atoms with Crippen molar-refractivity contribution in [3.05, 3.63) is 0 Å². The van der Waals surface area contributed by atoms with E-state index in [0.717, 1.165) is 32.1 Å². The molecule has 2 unspecified atom stereocenters. The molecule has 2 atom stereocenters. The van der Waals surface area contributed by atoms with Gasteiger partial charge in [0.05, 0.1) is 12.0 Å². The molecular formula is C14H25N3O2S. The second-order valence-corrected chi connectivity index (χ2v) is 6.29. The fourth-order valence-electron chi connectivity index (χ4n) is 3.10. The van der Waals surface area contributed by atoms with Crippen LogP contribution in [-0.2, 0) is 4.79 Å². The largest absolute Gasteiger partial charge is 0.392 e. The van der Waals surface area contributed by atoms with Crippen LogP contribution < -0.4 is 16.2 Å². The molecule has 0 aromatic heterocycles. The number of carbonyl (C=O) groups excluding carboxylic acids is 1. The summed E-state index contributed by atoms with van der Waals surface area (Å²) in [4.78, 5) is 12.0. The van der Waals surface area contributed by atoms with Crippen LogP contribution in [0.5, 0.6) is 0 Å². The zero-order valence-corrected chi connectivity index (χ0v) is 12.7. The molecule has 2 fully saturated rings. The SMILES string of the molecule is O=C(NNC(=S)NC1CCCCC1)C1CCCCC1O. The lowest BCUT2D eigenvalue weighted by Crippen LogP contribution is -2.52. The zero-order valence-electron chi connectivity index (χ0n) is 11.9. The molecular weight excluding hydrogens is 274 g/mol. The van der Waals surface area contributed by atoms with Gasteiger partial charge in [-0.15, -0.1) is 0 Å². The molecule has 4 N–H and O–H groups in total. The van der Waals surface area contributed by atoms with Crippen LogP contribution in [0.25, 0.3) is 0 Å². The first-order valence-electron chi connectivity index (χ1n) is 7.71. The van der Waals surface area contributed by atoms with E-state index in [-0.39, 0.29) is 11.8 Å². The van der Waals surface area contributed by atoms with Crippen molar-refractivity contribution in [3.63, 3.8) is 0 Å². The standard InChI is InChI=1S/C14H25N3O2S/c18-12-9-5-4-8-11(12)13(19)16-17-14(20)15-10-6-2-1-3-7-10/h10-12,18H,1-9H2,(H,16,19)(H2,15,17,20). The van der Waals surface area contributed by atoms with Crippen LogP contribution in [0.3, 0.4) is 0 Å². The Morgan fingerprint density at radius 3 is 2.30 bits per heavy atom. The van der Waals surface area contributed by atoms with Crippen molar-refractivity contribution in [2.45, 2.75) is 69.9 Å². The van der Waals surface area contributed by atoms with E-state index in [1.165, 1.54) is 19.3 Å². The van der Waals surface area contributed by atoms with Gasteiger partial charge in [-0.1, -0.05) is 32.1 Å². The number of hydrazine groups is 1. The fraction of sp³-hybridized carbons (Fsp3) is 0.857. The molecule has 0 spiro atoms. The van der Waals surface area contributed by atoms with Crippen molar-refractivity contribution < 1.29 is 9.90 Å². The first kappa shape index (κ1) is 15.5. The highest BCUT2D eigenvalue weighted by molar-refractivity contribution is 7.80. The summed E-state index contributed by atoms with van der Waals surface area (Å²) >= 11 is 5.18. The number of thiocarbonyl (C=S) groups is 1. The number of hydrogen-bond acceptors (Lipinski definition) is 3. The van der Waals surface area contributed by atoms with Crippen molar-refractivity contribution in [3.8, 4) is 0 Å². The minimum Gasteiger partial charge on any atom is -0.392 e. The summed E-state index contributed by atoms with van der Waals surface area (Å²) in [5.41, 5.74) is 5.38. The first-order chi connectivity index (χ1) is 9.66. The van der Waals surface area contributed by atoms with Gasteiger partial charge in [0.1, 0.15) is 0 Å². The molecule has 0 aliphatic heterocycles. The fourth-order valence-corrected chi connectivity index (χ4v) is 3.31. The number of aliphatic hydroxyl groups is 1. The molecule has 2 aliphatic carbocycles. The molecule has 0 radical (unpaired) electrons. The van der Waals surface area contributed by atoms with E-state index in [1.54, 1.807) is 0 Å². The maximum atomic E-state index is 12.0. The van der Waals surface area contributed by atoms with Gasteiger partial charge in [0, 0.05) is 6.04 Å². The van der Waals surface area contributed by atoms with Crippen molar-refractivity contribution in [2.75, 3.05) is 0 Å². The lowest BCUT2D eigenvalue weighted by atomic mass is 9.86. The van der Waals surface area contributed by atoms with Gasteiger partial charge in [0.15, 0.2) is 5.11 Å². The van der Waals surface area contributed by atoms with Crippen LogP contribution in [-0.4, -0.2) is 28.3 Å². The van der Waals surface area contributed by atoms with Gasteiger partial charge in [-0.2, -0.15) is 0 Å². The second-order valence-electron chi connectivity index (χ2n) is 5.88. The third kappa shape index (κ3) is 4.59. The smallest absolute Gasteiger partial charge is 0.244 e. The molecule has 0 aromatic carbocycles. The number of aliphatic hydroxyl groups excluding tert-OH is 1. The van der Waals surface area contributed by atoms with Gasteiger partial charge in [-0.3, -0.25) is 15.6 Å². The van der Waals surface area contributed by atoms with Crippen molar-refractivity contribution in [2.24, 2.45) is 5.92 Å². The van der Waals surface area contributed by atoms with Crippen molar-refractivity contribution in [1.29, 1.82) is 0 Å². The van der Waals surface area contributed by atoms with E-state index < -0.39 is 6.10 Å². The minimum atomic E-state index is -0.523. The molecule has 0 heterocycles. The van der Waals surface area contributed by atoms with E-state index in [4.69, 9.17) is 12.2 Å². The minimum absolute atomic E-state index is 0.162. The van der Waals surface area contributed by atoms with Crippen LogP contribution in [0, 0.1) is 5.92 Å². The molecule has 20 heavy (non-hydrogen) atoms. The summed E-state index contributed by atoms with van der Waals surface area (Å²) in [7, 11) is 0. The molecule has 5 nitrogen and oxygen atoms in total. The average Bonchev–Trinajstić information content (AvgIpc) is 2.46. The molecule has 1 amide bonds. The van der Waals surface area contributed by atoms with Crippen LogP contribution in [0.2, 0.25) is 0 Å². The lowest BCUT2D eigenvalue weighted by Gasteiger charge is -2.27. The summed E-state index contributed by atoms with van der Waals surface area (Å²) < 4.78 is 0. The summed E-state index contributed by atoms with van der Waals surface area (Å²) in [6.45, 7) is 0. The van der Waals surface area contributed by atoms with E-state index in [9.17, 15) is 9.90 Å². The Morgan fingerprint density at radius 1 is 0.950 bits per heavy atom. The van der Waals surface area contributed by atoms with Crippen LogP contribution in [0.1, 0.15) is 57.8 Å². The Labute approximate surface area is 125 Å². The molecule has 114 valence electrons. The highest BCUT2D eigenvalue weighted by atomic mass is 32.1. The molecule has 6 heteroatoms. The highest BCUT2D eigenvalue weighted by Crippen LogP contribution is 2.24. The molecule has 2 aliphatic rings. The summed E-state index contributed by atoms with van der Waals surface area (Å²) in [5.74, 6) is -0.473. The molecule has 0 saturated heterocycles. The number of hydrogen-bond donors (Lipinski definition) is 4. The van der Waals surface area contributed by atoms with Gasteiger partial charge in [-0.25, -0.2) is 0 Å². The molecule has 0 aromatic rings. The topological polar surface area (TPSA) is 73.4 Å². The third-order valence-corrected chi connectivity index (χ3v) is 4.53. The molecule has 0 bridgehead atoms. The molecule has 2 saturated carbocycles. The van der Waals surface area contributed by atoms with Crippen LogP contribution in [0.15, 0.2) is 0 Å². The second kappa shape index (κ2) is 7.78. The maximum Gasteiger partial charge on any atom is 0.244 e. The Balaban J connectivity index is 1.68. The van der Waals surface area contributed by atoms with Gasteiger partial charge >= 0.3 is 0 Å². The van der Waals surface area contributed by atoms with E-state index in [0.29, 0.717) is 17.6 Å². The zero-order chi connectivity index (χ0) is 14.4. The molecule has 2 rings (SSSR count). The predicted octanol–water partition coefficient (Wildman–Crippen LogP) is 1.37. The quantitative estimate of drug-likeness (QED) is 0.458. The lowest BCUT2D eigenvalue weighted by molar-refractivity contribution is -0.130. The Hall–Kier alpha value is -0.880. The third-order valence-electron chi connectivity index (χ3n) is 4.31. The monoisotopic (exact) mass is 299 g/mol. The van der Waals surface area contributed by atoms with Gasteiger partial charge < -0.3 is 10.4 Å². The van der Waals surface area contributed by atoms with E-state index >= 15 is 0 Å². The van der Waals surface area contributed by atoms with Gasteiger partial charge in [-0.05, 0) is 37.9 Å². The number of nitrogens with one attached hydrogen (secondary N) is 3. The summed E-state index contributed by atoms with van der Waals surface area (Å²) in [6.07, 6.45) is 8.98. The van der Waals surface area contributed by atoms with E-state index in [2.05, 4.69) is 16.2 Å². The van der Waals surface area contributed by atoms with Crippen LogP contribution >= 0.6 is 12.2 Å². The normalized spacial score (nSPS) is 27.6. The highest BCUT2D eigenvalue weighted by Gasteiger charge is 2.29. The van der Waals surface area contributed by atoms with Crippen molar-refractivity contribution in [1.82, 2.24) is 16.2 Å². The Kier molecular flexibility index (Phi) is 6.04. The number of amides is 1. The number of carbonyl (C=O) groups is 1. The van der Waals surface area contributed by atoms with Crippen molar-refractivity contribution >= 4 is 23.2 Å².